The topological polar surface area (TPSA) is 12.9 Å². The van der Waals surface area contributed by atoms with E-state index in [1.54, 1.807) is 0 Å². The molecule has 0 fully saturated rings. The number of nitrogens with zero attached hydrogens (tertiary/aromatic N) is 1. The second-order valence-electron chi connectivity index (χ2n) is 7.46. The van der Waals surface area contributed by atoms with E-state index in [-0.39, 0.29) is 0 Å². The molecule has 0 saturated carbocycles. The molecule has 1 aromatic heterocycles. The summed E-state index contributed by atoms with van der Waals surface area (Å²) in [4.78, 5) is 4.57. The van der Waals surface area contributed by atoms with Crippen molar-refractivity contribution in [3.8, 4) is 44.5 Å². The molecule has 5 aromatic rings. The Kier molecular flexibility index (Phi) is 4.15. The molecule has 0 bridgehead atoms. The predicted octanol–water partition coefficient (Wildman–Crippen LogP) is 8.74. The first-order valence-corrected chi connectivity index (χ1v) is 11.4. The highest BCUT2D eigenvalue weighted by molar-refractivity contribution is 9.11. The molecule has 6 rings (SSSR count). The van der Waals surface area contributed by atoms with E-state index < -0.39 is 0 Å². The summed E-state index contributed by atoms with van der Waals surface area (Å²) in [6.45, 7) is 0. The average molecular weight is 513 g/mol. The van der Waals surface area contributed by atoms with E-state index in [0.717, 1.165) is 8.95 Å². The first-order valence-electron chi connectivity index (χ1n) is 9.78. The van der Waals surface area contributed by atoms with E-state index in [4.69, 9.17) is 0 Å². The van der Waals surface area contributed by atoms with Crippen LogP contribution in [-0.4, -0.2) is 4.98 Å². The second-order valence-corrected chi connectivity index (χ2v) is 9.17. The van der Waals surface area contributed by atoms with E-state index in [2.05, 4.69) is 116 Å². The second kappa shape index (κ2) is 6.90. The average Bonchev–Trinajstić information content (AvgIpc) is 3.11. The van der Waals surface area contributed by atoms with Gasteiger partial charge in [0, 0.05) is 43.2 Å². The minimum absolute atomic E-state index is 1.09. The zero-order chi connectivity index (χ0) is 20.2. The van der Waals surface area contributed by atoms with Crippen LogP contribution in [0.25, 0.3) is 55.3 Å². The van der Waals surface area contributed by atoms with Crippen LogP contribution in [0.2, 0.25) is 0 Å². The number of pyridine rings is 1. The van der Waals surface area contributed by atoms with Crippen molar-refractivity contribution in [1.29, 1.82) is 0 Å². The number of benzene rings is 4. The zero-order valence-electron chi connectivity index (χ0n) is 15.9. The van der Waals surface area contributed by atoms with Gasteiger partial charge >= 0.3 is 0 Å². The minimum atomic E-state index is 1.09. The van der Waals surface area contributed by atoms with Gasteiger partial charge < -0.3 is 0 Å². The fourth-order valence-corrected chi connectivity index (χ4v) is 5.60. The SMILES string of the molecule is Brc1ccccc1-c1ccc(-c2ccccc2Br)c2c1-c1cccc3cncc-2c13. The predicted molar refractivity (Wildman–Crippen MR) is 132 cm³/mol. The van der Waals surface area contributed by atoms with Gasteiger partial charge in [0.15, 0.2) is 0 Å². The Labute approximate surface area is 191 Å². The lowest BCUT2D eigenvalue weighted by molar-refractivity contribution is 1.37. The van der Waals surface area contributed by atoms with Gasteiger partial charge in [0.1, 0.15) is 0 Å². The van der Waals surface area contributed by atoms with Crippen LogP contribution < -0.4 is 0 Å². The summed E-state index contributed by atoms with van der Waals surface area (Å²) < 4.78 is 2.19. The van der Waals surface area contributed by atoms with Crippen LogP contribution in [0.1, 0.15) is 0 Å². The number of rotatable bonds is 2. The van der Waals surface area contributed by atoms with Crippen molar-refractivity contribution in [2.45, 2.75) is 0 Å². The summed E-state index contributed by atoms with van der Waals surface area (Å²) in [7, 11) is 0. The van der Waals surface area contributed by atoms with Crippen molar-refractivity contribution < 1.29 is 0 Å². The molecular weight excluding hydrogens is 498 g/mol. The maximum Gasteiger partial charge on any atom is 0.0353 e. The van der Waals surface area contributed by atoms with E-state index in [1.165, 1.54) is 55.3 Å². The van der Waals surface area contributed by atoms with Crippen LogP contribution >= 0.6 is 31.9 Å². The molecule has 3 heteroatoms. The molecule has 0 aliphatic heterocycles. The van der Waals surface area contributed by atoms with Crippen molar-refractivity contribution >= 4 is 42.6 Å². The summed E-state index contributed by atoms with van der Waals surface area (Å²) >= 11 is 7.53. The normalized spacial score (nSPS) is 11.7. The molecule has 1 aliphatic rings. The third kappa shape index (κ3) is 2.55. The van der Waals surface area contributed by atoms with Gasteiger partial charge in [-0.25, -0.2) is 0 Å². The highest BCUT2D eigenvalue weighted by atomic mass is 79.9. The van der Waals surface area contributed by atoms with Crippen LogP contribution in [0.15, 0.2) is 100 Å². The highest BCUT2D eigenvalue weighted by Crippen LogP contribution is 2.55. The molecule has 30 heavy (non-hydrogen) atoms. The van der Waals surface area contributed by atoms with Crippen LogP contribution in [0.5, 0.6) is 0 Å². The number of halogens is 2. The number of hydrogen-bond acceptors (Lipinski definition) is 1. The van der Waals surface area contributed by atoms with Gasteiger partial charge in [0.05, 0.1) is 0 Å². The lowest BCUT2D eigenvalue weighted by Gasteiger charge is -2.17. The Morgan fingerprint density at radius 3 is 1.67 bits per heavy atom. The van der Waals surface area contributed by atoms with Crippen molar-refractivity contribution in [3.63, 3.8) is 0 Å². The Bertz CT molecular complexity index is 1360. The van der Waals surface area contributed by atoms with E-state index >= 15 is 0 Å². The van der Waals surface area contributed by atoms with Gasteiger partial charge in [-0.1, -0.05) is 98.6 Å². The summed E-state index contributed by atoms with van der Waals surface area (Å²) in [5.74, 6) is 0. The Morgan fingerprint density at radius 1 is 0.467 bits per heavy atom. The Balaban J connectivity index is 1.79. The maximum atomic E-state index is 4.57. The number of fused-ring (bicyclic) bond motifs is 3. The largest absolute Gasteiger partial charge is 0.263 e. The summed E-state index contributed by atoms with van der Waals surface area (Å²) in [5, 5.41) is 2.47. The van der Waals surface area contributed by atoms with Gasteiger partial charge in [0.25, 0.3) is 0 Å². The Hall–Kier alpha value is -2.75. The molecule has 0 spiro atoms. The summed E-state index contributed by atoms with van der Waals surface area (Å²) in [6.07, 6.45) is 3.98. The molecule has 4 aromatic carbocycles. The molecule has 0 N–H and O–H groups in total. The molecule has 0 unspecified atom stereocenters. The quantitative estimate of drug-likeness (QED) is 0.226. The van der Waals surface area contributed by atoms with Crippen LogP contribution in [-0.2, 0) is 0 Å². The van der Waals surface area contributed by atoms with Crippen LogP contribution in [0, 0.1) is 0 Å². The van der Waals surface area contributed by atoms with Gasteiger partial charge in [-0.15, -0.1) is 0 Å². The van der Waals surface area contributed by atoms with Gasteiger partial charge in [-0.3, -0.25) is 4.98 Å². The van der Waals surface area contributed by atoms with Crippen LogP contribution in [0.4, 0.5) is 0 Å². The summed E-state index contributed by atoms with van der Waals surface area (Å²) in [5.41, 5.74) is 9.87. The number of hydrogen-bond donors (Lipinski definition) is 0. The maximum absolute atomic E-state index is 4.57. The third-order valence-electron chi connectivity index (χ3n) is 5.86. The Morgan fingerprint density at radius 2 is 1.03 bits per heavy atom. The van der Waals surface area contributed by atoms with Crippen molar-refractivity contribution in [1.82, 2.24) is 4.98 Å². The molecular formula is C27H15Br2N. The molecule has 0 atom stereocenters. The van der Waals surface area contributed by atoms with Crippen molar-refractivity contribution in [2.24, 2.45) is 0 Å². The third-order valence-corrected chi connectivity index (χ3v) is 7.24. The van der Waals surface area contributed by atoms with Gasteiger partial charge in [-0.2, -0.15) is 0 Å². The molecule has 1 aliphatic carbocycles. The smallest absolute Gasteiger partial charge is 0.0353 e. The lowest BCUT2D eigenvalue weighted by Crippen LogP contribution is -1.91. The fourth-order valence-electron chi connectivity index (χ4n) is 4.60. The fraction of sp³-hybridized carbons (Fsp3) is 0. The first kappa shape index (κ1) is 18.1. The van der Waals surface area contributed by atoms with Crippen molar-refractivity contribution in [2.75, 3.05) is 0 Å². The zero-order valence-corrected chi connectivity index (χ0v) is 19.0. The molecule has 0 saturated heterocycles. The van der Waals surface area contributed by atoms with Crippen LogP contribution in [0.3, 0.4) is 0 Å². The van der Waals surface area contributed by atoms with Gasteiger partial charge in [0.2, 0.25) is 0 Å². The number of aromatic nitrogens is 1. The standard InChI is InChI=1S/C27H15Br2N/c28-23-10-3-1-7-17(23)19-12-13-20(18-8-2-4-11-24(18)29)27-22-15-30-14-16-6-5-9-21(25(16)22)26(19)27/h1-15H. The van der Waals surface area contributed by atoms with Gasteiger partial charge in [-0.05, 0) is 45.5 Å². The minimum Gasteiger partial charge on any atom is -0.263 e. The molecule has 1 nitrogen and oxygen atoms in total. The monoisotopic (exact) mass is 511 g/mol. The molecule has 142 valence electrons. The summed E-state index contributed by atoms with van der Waals surface area (Å²) in [6, 6.07) is 27.9. The first-order chi connectivity index (χ1) is 14.7. The van der Waals surface area contributed by atoms with E-state index in [9.17, 15) is 0 Å². The molecule has 1 heterocycles. The van der Waals surface area contributed by atoms with Crippen molar-refractivity contribution in [3.05, 3.63) is 100 Å². The highest BCUT2D eigenvalue weighted by Gasteiger charge is 2.28. The lowest BCUT2D eigenvalue weighted by atomic mass is 9.88. The molecule has 0 amide bonds. The van der Waals surface area contributed by atoms with E-state index in [1.807, 2.05) is 12.4 Å². The molecule has 0 radical (unpaired) electrons. The van der Waals surface area contributed by atoms with E-state index in [0.29, 0.717) is 0 Å².